The maximum absolute atomic E-state index is 12.7. The summed E-state index contributed by atoms with van der Waals surface area (Å²) in [5.41, 5.74) is 1.99. The summed E-state index contributed by atoms with van der Waals surface area (Å²) in [6.45, 7) is 12.7. The molecule has 0 bridgehead atoms. The molecule has 0 spiro atoms. The lowest BCUT2D eigenvalue weighted by atomic mass is 9.44. The van der Waals surface area contributed by atoms with Gasteiger partial charge in [0, 0.05) is 24.5 Å². The molecule has 4 aliphatic carbocycles. The van der Waals surface area contributed by atoms with Crippen molar-refractivity contribution in [2.45, 2.75) is 98.6 Å². The summed E-state index contributed by atoms with van der Waals surface area (Å²) in [6, 6.07) is 0.617. The van der Waals surface area contributed by atoms with E-state index in [-0.39, 0.29) is 29.3 Å². The molecule has 35 heavy (non-hydrogen) atoms. The van der Waals surface area contributed by atoms with Crippen LogP contribution in [0.1, 0.15) is 86.5 Å². The molecule has 3 saturated carbocycles. The van der Waals surface area contributed by atoms with Crippen LogP contribution >= 0.6 is 0 Å². The third-order valence-electron chi connectivity index (χ3n) is 11.2. The molecular weight excluding hydrogens is 436 g/mol. The minimum atomic E-state index is -0.362. The maximum atomic E-state index is 12.7. The number of nitrogens with zero attached hydrogens (tertiary/aromatic N) is 1. The number of rotatable bonds is 5. The molecule has 0 radical (unpaired) electrons. The predicted octanol–water partition coefficient (Wildman–Crippen LogP) is 5.71. The van der Waals surface area contributed by atoms with E-state index in [1.807, 2.05) is 19.9 Å². The molecule has 5 heteroatoms. The zero-order chi connectivity index (χ0) is 25.7. The number of fused-ring (bicyclic) bond motifs is 5. The normalized spacial score (nSPS) is 41.9. The van der Waals surface area contributed by atoms with E-state index in [4.69, 9.17) is 4.74 Å². The average molecular weight is 485 g/mol. The first-order chi connectivity index (χ1) is 16.4. The Labute approximate surface area is 213 Å². The van der Waals surface area contributed by atoms with E-state index in [0.717, 1.165) is 36.3 Å². The zero-order valence-corrected chi connectivity index (χ0v) is 23.3. The van der Waals surface area contributed by atoms with E-state index in [1.165, 1.54) is 39.0 Å². The summed E-state index contributed by atoms with van der Waals surface area (Å²) in [6.07, 6.45) is 12.1. The van der Waals surface area contributed by atoms with Crippen molar-refractivity contribution >= 4 is 11.9 Å². The van der Waals surface area contributed by atoms with Gasteiger partial charge in [0.1, 0.15) is 6.10 Å². The third kappa shape index (κ3) is 4.40. The summed E-state index contributed by atoms with van der Waals surface area (Å²) in [5, 5.41) is 3.09. The Kier molecular flexibility index (Phi) is 7.32. The average Bonchev–Trinajstić information content (AvgIpc) is 3.16. The summed E-state index contributed by atoms with van der Waals surface area (Å²) in [5.74, 6) is 2.84. The van der Waals surface area contributed by atoms with Crippen LogP contribution in [0.2, 0.25) is 0 Å². The van der Waals surface area contributed by atoms with Crippen LogP contribution in [0, 0.1) is 40.4 Å². The van der Waals surface area contributed by atoms with Gasteiger partial charge < -0.3 is 15.0 Å². The zero-order valence-electron chi connectivity index (χ0n) is 23.3. The Morgan fingerprint density at radius 1 is 1.06 bits per heavy atom. The van der Waals surface area contributed by atoms with Crippen LogP contribution in [0.25, 0.3) is 0 Å². The number of amides is 1. The Hall–Kier alpha value is -1.62. The first kappa shape index (κ1) is 26.4. The third-order valence-corrected chi connectivity index (χ3v) is 11.2. The Bertz CT molecular complexity index is 907. The van der Waals surface area contributed by atoms with Crippen molar-refractivity contribution in [1.29, 1.82) is 0 Å². The fourth-order valence-electron chi connectivity index (χ4n) is 8.95. The molecule has 5 nitrogen and oxygen atoms in total. The molecule has 9 atom stereocenters. The molecule has 0 aliphatic heterocycles. The second kappa shape index (κ2) is 9.68. The number of esters is 1. The second-order valence-corrected chi connectivity index (χ2v) is 12.8. The van der Waals surface area contributed by atoms with Gasteiger partial charge >= 0.3 is 5.97 Å². The van der Waals surface area contributed by atoms with Crippen LogP contribution in [-0.4, -0.2) is 43.0 Å². The highest BCUT2D eigenvalue weighted by molar-refractivity contribution is 5.94. The molecule has 9 unspecified atom stereocenters. The number of nitrogens with one attached hydrogen (secondary N) is 1. The van der Waals surface area contributed by atoms with Crippen LogP contribution in [0.15, 0.2) is 23.4 Å². The maximum Gasteiger partial charge on any atom is 0.303 e. The van der Waals surface area contributed by atoms with Crippen molar-refractivity contribution in [3.05, 3.63) is 23.4 Å². The van der Waals surface area contributed by atoms with Gasteiger partial charge in [-0.2, -0.15) is 0 Å². The molecule has 0 aromatic heterocycles. The second-order valence-electron chi connectivity index (χ2n) is 12.8. The molecule has 196 valence electrons. The monoisotopic (exact) mass is 484 g/mol. The largest absolute Gasteiger partial charge is 0.456 e. The molecule has 0 saturated heterocycles. The minimum absolute atomic E-state index is 0.0967. The highest BCUT2D eigenvalue weighted by Gasteiger charge is 2.62. The van der Waals surface area contributed by atoms with Gasteiger partial charge in [-0.15, -0.1) is 0 Å². The lowest BCUT2D eigenvalue weighted by Crippen LogP contribution is -2.57. The lowest BCUT2D eigenvalue weighted by Gasteiger charge is -2.61. The molecule has 0 aromatic carbocycles. The van der Waals surface area contributed by atoms with E-state index >= 15 is 0 Å². The molecule has 0 aromatic rings. The van der Waals surface area contributed by atoms with E-state index in [0.29, 0.717) is 22.9 Å². The van der Waals surface area contributed by atoms with Crippen LogP contribution in [0.5, 0.6) is 0 Å². The van der Waals surface area contributed by atoms with Crippen molar-refractivity contribution in [2.24, 2.45) is 40.4 Å². The smallest absolute Gasteiger partial charge is 0.303 e. The first-order valence-electron chi connectivity index (χ1n) is 13.9. The van der Waals surface area contributed by atoms with E-state index in [1.54, 1.807) is 0 Å². The van der Waals surface area contributed by atoms with Gasteiger partial charge in [-0.25, -0.2) is 0 Å². The van der Waals surface area contributed by atoms with Crippen molar-refractivity contribution in [1.82, 2.24) is 10.2 Å². The highest BCUT2D eigenvalue weighted by atomic mass is 16.5. The van der Waals surface area contributed by atoms with Gasteiger partial charge in [-0.1, -0.05) is 26.0 Å². The van der Waals surface area contributed by atoms with Crippen LogP contribution in [0.3, 0.4) is 0 Å². The van der Waals surface area contributed by atoms with Crippen molar-refractivity contribution in [2.75, 3.05) is 14.1 Å². The summed E-state index contributed by atoms with van der Waals surface area (Å²) in [7, 11) is 4.47. The summed E-state index contributed by atoms with van der Waals surface area (Å²) < 4.78 is 5.97. The summed E-state index contributed by atoms with van der Waals surface area (Å²) in [4.78, 5) is 27.3. The van der Waals surface area contributed by atoms with Crippen molar-refractivity contribution in [3.63, 3.8) is 0 Å². The van der Waals surface area contributed by atoms with Gasteiger partial charge in [0.05, 0.1) is 5.70 Å². The standard InChI is InChI=1S/C30H48N2O3/c1-9-18(2)28(34)31-26-15-17-30(6)24-14-16-29(5)22(19(3)32(7)8)12-13-23(29)21(24)10-11-25(30)27(26)35-20(4)33/h9,15,19,21-25,27H,10-14,16-17H2,1-8H3,(H,31,34). The fourth-order valence-corrected chi connectivity index (χ4v) is 8.95. The number of ether oxygens (including phenoxy) is 1. The Morgan fingerprint density at radius 2 is 1.71 bits per heavy atom. The van der Waals surface area contributed by atoms with Gasteiger partial charge in [0.2, 0.25) is 0 Å². The predicted molar refractivity (Wildman–Crippen MR) is 140 cm³/mol. The number of hydrogen-bond acceptors (Lipinski definition) is 4. The fraction of sp³-hybridized carbons (Fsp3) is 0.800. The van der Waals surface area contributed by atoms with Crippen molar-refractivity contribution < 1.29 is 14.3 Å². The minimum Gasteiger partial charge on any atom is -0.456 e. The van der Waals surface area contributed by atoms with Gasteiger partial charge in [0.15, 0.2) is 0 Å². The van der Waals surface area contributed by atoms with Crippen LogP contribution < -0.4 is 5.32 Å². The van der Waals surface area contributed by atoms with E-state index < -0.39 is 0 Å². The number of carbonyl (C=O) groups is 2. The van der Waals surface area contributed by atoms with Gasteiger partial charge in [-0.3, -0.25) is 9.59 Å². The molecule has 1 amide bonds. The molecule has 0 heterocycles. The molecule has 4 rings (SSSR count). The number of carbonyl (C=O) groups excluding carboxylic acids is 2. The first-order valence-corrected chi connectivity index (χ1v) is 13.9. The Balaban J connectivity index is 1.61. The highest BCUT2D eigenvalue weighted by Crippen LogP contribution is 2.67. The number of hydrogen-bond donors (Lipinski definition) is 1. The van der Waals surface area contributed by atoms with Gasteiger partial charge in [-0.05, 0) is 114 Å². The molecule has 3 fully saturated rings. The lowest BCUT2D eigenvalue weighted by molar-refractivity contribution is -0.162. The topological polar surface area (TPSA) is 58.6 Å². The quantitative estimate of drug-likeness (QED) is 0.401. The summed E-state index contributed by atoms with van der Waals surface area (Å²) >= 11 is 0. The number of allylic oxidation sites excluding steroid dienone is 2. The van der Waals surface area contributed by atoms with Crippen molar-refractivity contribution in [3.8, 4) is 0 Å². The molecular formula is C30H48N2O3. The van der Waals surface area contributed by atoms with E-state index in [2.05, 4.69) is 51.2 Å². The molecule has 4 aliphatic rings. The van der Waals surface area contributed by atoms with E-state index in [9.17, 15) is 9.59 Å². The van der Waals surface area contributed by atoms with Crippen LogP contribution in [0.4, 0.5) is 0 Å². The van der Waals surface area contributed by atoms with Gasteiger partial charge in [0.25, 0.3) is 5.91 Å². The molecule has 1 N–H and O–H groups in total. The van der Waals surface area contributed by atoms with Crippen LogP contribution in [-0.2, 0) is 14.3 Å². The SMILES string of the molecule is CC=C(C)C(=O)NC1=CCC2(C)C(CCC3C2CCC2(C)C3CCC2C(C)N(C)C)C1OC(C)=O. The Morgan fingerprint density at radius 3 is 2.34 bits per heavy atom.